The first-order valence-electron chi connectivity index (χ1n) is 3.89. The summed E-state index contributed by atoms with van der Waals surface area (Å²) in [6.07, 6.45) is 1.49. The lowest BCUT2D eigenvalue weighted by Gasteiger charge is -2.13. The molecule has 11 heavy (non-hydrogen) atoms. The van der Waals surface area contributed by atoms with Gasteiger partial charge in [-0.25, -0.2) is 0 Å². The summed E-state index contributed by atoms with van der Waals surface area (Å²) in [5, 5.41) is 0. The topological polar surface area (TPSA) is 57.5 Å². The molecule has 0 aromatic heterocycles. The van der Waals surface area contributed by atoms with Crippen LogP contribution in [0.5, 0.6) is 0 Å². The predicted octanol–water partition coefficient (Wildman–Crippen LogP) is 1.99. The van der Waals surface area contributed by atoms with Gasteiger partial charge >= 0.3 is 7.60 Å². The van der Waals surface area contributed by atoms with Gasteiger partial charge in [0.15, 0.2) is 0 Å². The quantitative estimate of drug-likeness (QED) is 0.650. The number of hydrogen-bond acceptors (Lipinski definition) is 1. The van der Waals surface area contributed by atoms with Crippen molar-refractivity contribution in [3.05, 3.63) is 0 Å². The average molecular weight is 180 g/mol. The third-order valence-electron chi connectivity index (χ3n) is 1.74. The number of hydrogen-bond donors (Lipinski definition) is 2. The highest BCUT2D eigenvalue weighted by Gasteiger charge is 2.23. The summed E-state index contributed by atoms with van der Waals surface area (Å²) in [7, 11) is -3.81. The van der Waals surface area contributed by atoms with Crippen molar-refractivity contribution in [2.24, 2.45) is 5.92 Å². The molecular formula is C7H17O3P. The Labute approximate surface area is 68.0 Å². The average Bonchev–Trinajstić information content (AvgIpc) is 1.80. The zero-order valence-electron chi connectivity index (χ0n) is 7.32. The van der Waals surface area contributed by atoms with Gasteiger partial charge in [-0.3, -0.25) is 4.57 Å². The fraction of sp³-hybridized carbons (Fsp3) is 1.00. The van der Waals surface area contributed by atoms with Crippen molar-refractivity contribution in [1.29, 1.82) is 0 Å². The standard InChI is InChI=1S/C7H17O3P/c1-6(2)4-5-7(3)11(8,9)10/h6-7H,4-5H2,1-3H3,(H2,8,9,10). The second kappa shape index (κ2) is 4.24. The van der Waals surface area contributed by atoms with Crippen molar-refractivity contribution < 1.29 is 14.4 Å². The summed E-state index contributed by atoms with van der Waals surface area (Å²) in [5.41, 5.74) is -0.482. The van der Waals surface area contributed by atoms with E-state index in [1.807, 2.05) is 13.8 Å². The predicted molar refractivity (Wildman–Crippen MR) is 45.6 cm³/mol. The van der Waals surface area contributed by atoms with Gasteiger partial charge in [-0.05, 0) is 12.3 Å². The first-order valence-corrected chi connectivity index (χ1v) is 5.57. The first-order chi connectivity index (χ1) is 4.84. The minimum absolute atomic E-state index is 0.482. The molecule has 2 N–H and O–H groups in total. The van der Waals surface area contributed by atoms with Gasteiger partial charge in [0, 0.05) is 0 Å². The third-order valence-corrected chi connectivity index (χ3v) is 3.14. The smallest absolute Gasteiger partial charge is 0.324 e. The summed E-state index contributed by atoms with van der Waals surface area (Å²) in [6.45, 7) is 5.70. The van der Waals surface area contributed by atoms with Crippen LogP contribution < -0.4 is 0 Å². The summed E-state index contributed by atoms with van der Waals surface area (Å²) >= 11 is 0. The van der Waals surface area contributed by atoms with Gasteiger partial charge in [0.1, 0.15) is 0 Å². The normalized spacial score (nSPS) is 15.5. The summed E-state index contributed by atoms with van der Waals surface area (Å²) in [6, 6.07) is 0. The maximum absolute atomic E-state index is 10.6. The maximum Gasteiger partial charge on any atom is 0.328 e. The van der Waals surface area contributed by atoms with Crippen LogP contribution in [0.4, 0.5) is 0 Å². The van der Waals surface area contributed by atoms with Crippen LogP contribution in [-0.4, -0.2) is 15.4 Å². The van der Waals surface area contributed by atoms with E-state index in [0.717, 1.165) is 6.42 Å². The van der Waals surface area contributed by atoms with E-state index >= 15 is 0 Å². The Balaban J connectivity index is 3.71. The largest absolute Gasteiger partial charge is 0.328 e. The Morgan fingerprint density at radius 2 is 1.64 bits per heavy atom. The molecule has 0 spiro atoms. The molecular weight excluding hydrogens is 163 g/mol. The zero-order chi connectivity index (χ0) is 9.07. The van der Waals surface area contributed by atoms with E-state index in [4.69, 9.17) is 9.79 Å². The molecule has 0 heterocycles. The molecule has 0 rings (SSSR count). The highest BCUT2D eigenvalue weighted by Crippen LogP contribution is 2.43. The van der Waals surface area contributed by atoms with Gasteiger partial charge in [-0.1, -0.05) is 27.2 Å². The molecule has 4 heteroatoms. The molecule has 0 radical (unpaired) electrons. The molecule has 1 unspecified atom stereocenters. The van der Waals surface area contributed by atoms with Crippen LogP contribution in [-0.2, 0) is 4.57 Å². The van der Waals surface area contributed by atoms with E-state index in [9.17, 15) is 4.57 Å². The fourth-order valence-electron chi connectivity index (χ4n) is 0.743. The van der Waals surface area contributed by atoms with Crippen LogP contribution in [0, 0.1) is 5.92 Å². The van der Waals surface area contributed by atoms with E-state index in [1.165, 1.54) is 0 Å². The van der Waals surface area contributed by atoms with Crippen molar-refractivity contribution in [1.82, 2.24) is 0 Å². The van der Waals surface area contributed by atoms with Crippen LogP contribution in [0.25, 0.3) is 0 Å². The lowest BCUT2D eigenvalue weighted by atomic mass is 10.1. The molecule has 0 aromatic rings. The monoisotopic (exact) mass is 180 g/mol. The Hall–Kier alpha value is 0.150. The molecule has 0 fully saturated rings. The Morgan fingerprint density at radius 3 is 1.91 bits per heavy atom. The van der Waals surface area contributed by atoms with E-state index in [2.05, 4.69) is 0 Å². The molecule has 0 aromatic carbocycles. The Bertz CT molecular complexity index is 150. The van der Waals surface area contributed by atoms with Gasteiger partial charge < -0.3 is 9.79 Å². The van der Waals surface area contributed by atoms with Crippen molar-refractivity contribution in [3.63, 3.8) is 0 Å². The third kappa shape index (κ3) is 5.42. The second-order valence-electron chi connectivity index (χ2n) is 3.41. The SMILES string of the molecule is CC(C)CCC(C)P(=O)(O)O. The van der Waals surface area contributed by atoms with E-state index in [-0.39, 0.29) is 0 Å². The van der Waals surface area contributed by atoms with Gasteiger partial charge in [0.05, 0.1) is 5.66 Å². The van der Waals surface area contributed by atoms with Crippen molar-refractivity contribution in [2.45, 2.75) is 39.3 Å². The molecule has 68 valence electrons. The van der Waals surface area contributed by atoms with Gasteiger partial charge in [-0.2, -0.15) is 0 Å². The summed E-state index contributed by atoms with van der Waals surface area (Å²) in [4.78, 5) is 17.4. The molecule has 3 nitrogen and oxygen atoms in total. The molecule has 1 atom stereocenters. The highest BCUT2D eigenvalue weighted by atomic mass is 31.2. The maximum atomic E-state index is 10.6. The van der Waals surface area contributed by atoms with Gasteiger partial charge in [0.25, 0.3) is 0 Å². The minimum atomic E-state index is -3.81. The lowest BCUT2D eigenvalue weighted by molar-refractivity contribution is 0.353. The van der Waals surface area contributed by atoms with E-state index in [0.29, 0.717) is 12.3 Å². The lowest BCUT2D eigenvalue weighted by Crippen LogP contribution is -2.04. The van der Waals surface area contributed by atoms with E-state index in [1.54, 1.807) is 6.92 Å². The van der Waals surface area contributed by atoms with Gasteiger partial charge in [-0.15, -0.1) is 0 Å². The minimum Gasteiger partial charge on any atom is -0.324 e. The van der Waals surface area contributed by atoms with Crippen molar-refractivity contribution in [3.8, 4) is 0 Å². The van der Waals surface area contributed by atoms with Crippen LogP contribution in [0.1, 0.15) is 33.6 Å². The van der Waals surface area contributed by atoms with E-state index < -0.39 is 13.3 Å². The molecule has 0 saturated heterocycles. The Kier molecular flexibility index (Phi) is 4.30. The molecule has 0 aliphatic heterocycles. The Morgan fingerprint density at radius 1 is 1.18 bits per heavy atom. The van der Waals surface area contributed by atoms with Crippen molar-refractivity contribution >= 4 is 7.60 Å². The summed E-state index contributed by atoms with van der Waals surface area (Å²) < 4.78 is 10.6. The van der Waals surface area contributed by atoms with Gasteiger partial charge in [0.2, 0.25) is 0 Å². The highest BCUT2D eigenvalue weighted by molar-refractivity contribution is 7.52. The van der Waals surface area contributed by atoms with Crippen LogP contribution in [0.2, 0.25) is 0 Å². The summed E-state index contributed by atoms with van der Waals surface area (Å²) in [5.74, 6) is 0.518. The van der Waals surface area contributed by atoms with Crippen LogP contribution in [0.15, 0.2) is 0 Å². The number of rotatable bonds is 4. The first kappa shape index (κ1) is 11.2. The van der Waals surface area contributed by atoms with Crippen LogP contribution in [0.3, 0.4) is 0 Å². The zero-order valence-corrected chi connectivity index (χ0v) is 8.21. The van der Waals surface area contributed by atoms with Crippen LogP contribution >= 0.6 is 7.60 Å². The van der Waals surface area contributed by atoms with Crippen molar-refractivity contribution in [2.75, 3.05) is 0 Å². The molecule has 0 aliphatic carbocycles. The molecule has 0 aliphatic rings. The molecule has 0 bridgehead atoms. The molecule has 0 saturated carbocycles. The fourth-order valence-corrected chi connectivity index (χ4v) is 1.23. The second-order valence-corrected chi connectivity index (χ2v) is 5.47. The molecule has 0 amide bonds.